The molecule has 0 unspecified atom stereocenters. The van der Waals surface area contributed by atoms with Crippen molar-refractivity contribution in [2.24, 2.45) is 0 Å². The molecule has 5 nitrogen and oxygen atoms in total. The molecule has 0 aromatic heterocycles. The summed E-state index contributed by atoms with van der Waals surface area (Å²) in [7, 11) is -5.63. The maximum absolute atomic E-state index is 13.9. The number of sulfonamides is 1. The van der Waals surface area contributed by atoms with E-state index in [9.17, 15) is 35.2 Å². The summed E-state index contributed by atoms with van der Waals surface area (Å²) in [6.07, 6.45) is -4.84. The van der Waals surface area contributed by atoms with Gasteiger partial charge in [-0.2, -0.15) is 30.4 Å². The van der Waals surface area contributed by atoms with E-state index in [1.54, 1.807) is 0 Å². The van der Waals surface area contributed by atoms with Gasteiger partial charge in [0.25, 0.3) is 5.91 Å². The quantitative estimate of drug-likeness (QED) is 0.680. The number of carbonyl (C=O) groups excluding carboxylic acids is 1. The Morgan fingerprint density at radius 2 is 1.64 bits per heavy atom. The Balaban J connectivity index is 2.13. The maximum atomic E-state index is 13.9. The molecule has 0 fully saturated rings. The van der Waals surface area contributed by atoms with Crippen LogP contribution in [0.5, 0.6) is 0 Å². The van der Waals surface area contributed by atoms with Crippen LogP contribution < -0.4 is 4.72 Å². The van der Waals surface area contributed by atoms with Crippen molar-refractivity contribution in [2.45, 2.75) is 18.2 Å². The molecule has 0 aliphatic carbocycles. The highest BCUT2D eigenvalue weighted by Crippen LogP contribution is 2.35. The number of rotatable bonds is 6. The fourth-order valence-corrected chi connectivity index (χ4v) is 2.87. The van der Waals surface area contributed by atoms with Crippen molar-refractivity contribution in [3.8, 4) is 0 Å². The molecule has 0 bridgehead atoms. The Bertz CT molecular complexity index is 965. The lowest BCUT2D eigenvalue weighted by Gasteiger charge is -2.18. The van der Waals surface area contributed by atoms with E-state index < -0.39 is 50.3 Å². The highest BCUT2D eigenvalue weighted by atomic mass is 35.5. The first-order valence-electron chi connectivity index (χ1n) is 7.32. The molecular weight excluding hydrogens is 433 g/mol. The Morgan fingerprint density at radius 3 is 2.21 bits per heavy atom. The predicted molar refractivity (Wildman–Crippen MR) is 89.0 cm³/mol. The first kappa shape index (κ1) is 22.1. The molecule has 2 aromatic rings. The summed E-state index contributed by atoms with van der Waals surface area (Å²) in [5.41, 5.74) is -6.79. The Hall–Kier alpha value is -2.24. The summed E-state index contributed by atoms with van der Waals surface area (Å²) in [5, 5.41) is -0.661. The summed E-state index contributed by atoms with van der Waals surface area (Å²) in [4.78, 5) is 11.8. The molecule has 152 valence electrons. The van der Waals surface area contributed by atoms with Crippen LogP contribution in [0, 0.1) is 0 Å². The van der Waals surface area contributed by atoms with Gasteiger partial charge in [-0.1, -0.05) is 35.9 Å². The average molecular weight is 444 g/mol. The normalized spacial score (nSPS) is 12.6. The van der Waals surface area contributed by atoms with E-state index in [1.807, 2.05) is 0 Å². The number of carbonyl (C=O) groups is 1. The first-order valence-corrected chi connectivity index (χ1v) is 9.19. The van der Waals surface area contributed by atoms with E-state index in [4.69, 9.17) is 11.6 Å². The lowest BCUT2D eigenvalue weighted by molar-refractivity contribution is -0.178. The van der Waals surface area contributed by atoms with E-state index in [1.165, 1.54) is 30.3 Å². The molecule has 28 heavy (non-hydrogen) atoms. The molecule has 0 aliphatic heterocycles. The summed E-state index contributed by atoms with van der Waals surface area (Å²) in [6.45, 7) is -1.19. The molecule has 2 rings (SSSR count). The molecule has 2 aromatic carbocycles. The standard InChI is InChI=1S/C16H11ClF5NO4S/c17-13-7-6-10(8-12(13)15(18,19)20)9-27-16(21,22)28(25,26)23-14(24)11-4-2-1-3-5-11/h1-8H,9H2,(H,23,24). The second kappa shape index (κ2) is 8.02. The molecule has 0 saturated carbocycles. The van der Waals surface area contributed by atoms with Gasteiger partial charge >= 0.3 is 21.6 Å². The summed E-state index contributed by atoms with van der Waals surface area (Å²) in [5.74, 6) is -1.32. The van der Waals surface area contributed by atoms with Crippen LogP contribution in [0.2, 0.25) is 5.02 Å². The van der Waals surface area contributed by atoms with Crippen molar-refractivity contribution in [2.75, 3.05) is 0 Å². The predicted octanol–water partition coefficient (Wildman–Crippen LogP) is 4.19. The fourth-order valence-electron chi connectivity index (χ4n) is 1.95. The largest absolute Gasteiger partial charge is 0.481 e. The number of ether oxygens (including phenoxy) is 1. The van der Waals surface area contributed by atoms with Crippen LogP contribution >= 0.6 is 11.6 Å². The Morgan fingerprint density at radius 1 is 1.04 bits per heavy atom. The van der Waals surface area contributed by atoms with Crippen LogP contribution in [0.15, 0.2) is 48.5 Å². The zero-order valence-electron chi connectivity index (χ0n) is 13.6. The summed E-state index contributed by atoms with van der Waals surface area (Å²) in [6, 6.07) is 8.89. The van der Waals surface area contributed by atoms with Crippen molar-refractivity contribution in [3.05, 3.63) is 70.2 Å². The number of alkyl halides is 5. The fraction of sp³-hybridized carbons (Fsp3) is 0.188. The molecule has 0 atom stereocenters. The number of halogens is 6. The van der Waals surface area contributed by atoms with Gasteiger partial charge in [0.05, 0.1) is 17.2 Å². The SMILES string of the molecule is O=C(NS(=O)(=O)C(F)(F)OCc1ccc(Cl)c(C(F)(F)F)c1)c1ccccc1. The van der Waals surface area contributed by atoms with Crippen molar-refractivity contribution < 1.29 is 39.9 Å². The van der Waals surface area contributed by atoms with Gasteiger partial charge in [-0.05, 0) is 29.8 Å². The van der Waals surface area contributed by atoms with Gasteiger partial charge in [-0.15, -0.1) is 0 Å². The zero-order chi connectivity index (χ0) is 21.2. The van der Waals surface area contributed by atoms with Gasteiger partial charge in [0.15, 0.2) is 0 Å². The monoisotopic (exact) mass is 443 g/mol. The molecule has 0 spiro atoms. The van der Waals surface area contributed by atoms with Crippen LogP contribution in [0.4, 0.5) is 22.0 Å². The maximum Gasteiger partial charge on any atom is 0.481 e. The minimum absolute atomic E-state index is 0.200. The minimum atomic E-state index is -5.63. The van der Waals surface area contributed by atoms with Gasteiger partial charge in [0.1, 0.15) is 0 Å². The first-order chi connectivity index (χ1) is 12.8. The summed E-state index contributed by atoms with van der Waals surface area (Å²) >= 11 is 5.41. The van der Waals surface area contributed by atoms with Gasteiger partial charge < -0.3 is 4.74 Å². The Kier molecular flexibility index (Phi) is 6.31. The third-order valence-electron chi connectivity index (χ3n) is 3.32. The number of hydrogen-bond donors (Lipinski definition) is 1. The van der Waals surface area contributed by atoms with Crippen molar-refractivity contribution in [1.29, 1.82) is 0 Å². The smallest absolute Gasteiger partial charge is 0.301 e. The minimum Gasteiger partial charge on any atom is -0.301 e. The molecule has 1 amide bonds. The van der Waals surface area contributed by atoms with Crippen molar-refractivity contribution >= 4 is 27.5 Å². The highest BCUT2D eigenvalue weighted by Gasteiger charge is 2.48. The molecule has 0 saturated heterocycles. The molecule has 0 aliphatic rings. The van der Waals surface area contributed by atoms with Gasteiger partial charge in [0.2, 0.25) is 0 Å². The van der Waals surface area contributed by atoms with Gasteiger partial charge in [-0.25, -0.2) is 4.72 Å². The van der Waals surface area contributed by atoms with E-state index in [0.717, 1.165) is 16.9 Å². The topological polar surface area (TPSA) is 72.5 Å². The molecule has 12 heteroatoms. The molecule has 0 heterocycles. The molecule has 0 radical (unpaired) electrons. The van der Waals surface area contributed by atoms with Gasteiger partial charge in [-0.3, -0.25) is 4.79 Å². The summed E-state index contributed by atoms with van der Waals surface area (Å²) < 4.78 is 94.7. The van der Waals surface area contributed by atoms with Crippen LogP contribution in [-0.2, 0) is 27.5 Å². The van der Waals surface area contributed by atoms with Crippen LogP contribution in [0.3, 0.4) is 0 Å². The lowest BCUT2D eigenvalue weighted by atomic mass is 10.1. The molecular formula is C16H11ClF5NO4S. The zero-order valence-corrected chi connectivity index (χ0v) is 15.2. The second-order valence-electron chi connectivity index (χ2n) is 5.36. The third kappa shape index (κ3) is 5.18. The van der Waals surface area contributed by atoms with Crippen molar-refractivity contribution in [1.82, 2.24) is 4.72 Å². The highest BCUT2D eigenvalue weighted by molar-refractivity contribution is 7.90. The molecule has 1 N–H and O–H groups in total. The second-order valence-corrected chi connectivity index (χ2v) is 7.46. The van der Waals surface area contributed by atoms with Crippen molar-refractivity contribution in [3.63, 3.8) is 0 Å². The lowest BCUT2D eigenvalue weighted by Crippen LogP contribution is -2.44. The van der Waals surface area contributed by atoms with Crippen LogP contribution in [0.25, 0.3) is 0 Å². The van der Waals surface area contributed by atoms with E-state index in [2.05, 4.69) is 4.74 Å². The average Bonchev–Trinajstić information content (AvgIpc) is 2.60. The van der Waals surface area contributed by atoms with E-state index >= 15 is 0 Å². The van der Waals surface area contributed by atoms with Crippen LogP contribution in [0.1, 0.15) is 21.5 Å². The van der Waals surface area contributed by atoms with E-state index in [-0.39, 0.29) is 5.56 Å². The number of nitrogens with one attached hydrogen (secondary N) is 1. The third-order valence-corrected chi connectivity index (χ3v) is 4.85. The van der Waals surface area contributed by atoms with Gasteiger partial charge in [0, 0.05) is 5.56 Å². The Labute approximate surface area is 161 Å². The number of amides is 1. The number of hydrogen-bond acceptors (Lipinski definition) is 4. The number of benzene rings is 2. The van der Waals surface area contributed by atoms with E-state index in [0.29, 0.717) is 6.07 Å². The van der Waals surface area contributed by atoms with Crippen LogP contribution in [-0.4, -0.2) is 19.8 Å².